The van der Waals surface area contributed by atoms with Gasteiger partial charge in [0.1, 0.15) is 0 Å². The van der Waals surface area contributed by atoms with Crippen LogP contribution in [0.25, 0.3) is 0 Å². The second kappa shape index (κ2) is 8.54. The number of benzene rings is 1. The van der Waals surface area contributed by atoms with E-state index in [2.05, 4.69) is 15.9 Å². The van der Waals surface area contributed by atoms with Crippen molar-refractivity contribution in [1.29, 1.82) is 0 Å². The van der Waals surface area contributed by atoms with Crippen molar-refractivity contribution in [3.8, 4) is 0 Å². The molecule has 21 heavy (non-hydrogen) atoms. The molecule has 1 aromatic rings. The molecule has 0 unspecified atom stereocenters. The third-order valence-corrected chi connectivity index (χ3v) is 3.52. The van der Waals surface area contributed by atoms with Crippen LogP contribution >= 0.6 is 15.9 Å². The van der Waals surface area contributed by atoms with Crippen molar-refractivity contribution in [3.63, 3.8) is 0 Å². The molecule has 1 rings (SSSR count). The lowest BCUT2D eigenvalue weighted by Crippen LogP contribution is -2.35. The van der Waals surface area contributed by atoms with Crippen molar-refractivity contribution < 1.29 is 18.0 Å². The first-order chi connectivity index (χ1) is 9.81. The van der Waals surface area contributed by atoms with Gasteiger partial charge in [-0.25, -0.2) is 0 Å². The summed E-state index contributed by atoms with van der Waals surface area (Å²) in [4.78, 5) is 13.3. The molecule has 0 aromatic heterocycles. The lowest BCUT2D eigenvalue weighted by molar-refractivity contribution is -0.146. The summed E-state index contributed by atoms with van der Waals surface area (Å²) in [5.41, 5.74) is 0.594. The maximum atomic E-state index is 12.4. The molecule has 0 bridgehead atoms. The Labute approximate surface area is 131 Å². The Kier molecular flexibility index (Phi) is 7.39. The van der Waals surface area contributed by atoms with Gasteiger partial charge in [-0.15, -0.1) is 0 Å². The van der Waals surface area contributed by atoms with Gasteiger partial charge in [-0.2, -0.15) is 13.2 Å². The number of halogens is 4. The van der Waals surface area contributed by atoms with Gasteiger partial charge in [0.25, 0.3) is 0 Å². The first kappa shape index (κ1) is 18.2. The average Bonchev–Trinajstić information content (AvgIpc) is 2.37. The minimum absolute atomic E-state index is 0.0362. The Bertz CT molecular complexity index is 445. The third-order valence-electron chi connectivity index (χ3n) is 2.99. The average molecular weight is 366 g/mol. The van der Waals surface area contributed by atoms with E-state index in [1.807, 2.05) is 6.92 Å². The van der Waals surface area contributed by atoms with E-state index < -0.39 is 12.7 Å². The number of hydrogen-bond acceptors (Lipinski definition) is 2. The van der Waals surface area contributed by atoms with E-state index in [9.17, 15) is 18.0 Å². The van der Waals surface area contributed by atoms with Crippen LogP contribution < -0.4 is 0 Å². The lowest BCUT2D eigenvalue weighted by Gasteiger charge is -2.22. The second-order valence-electron chi connectivity index (χ2n) is 4.92. The fourth-order valence-electron chi connectivity index (χ4n) is 2.08. The van der Waals surface area contributed by atoms with Crippen LogP contribution in [0.3, 0.4) is 0 Å². The SMILES string of the molecule is CCCN(CCCC(=O)c1ccc(Br)cc1)CC(F)(F)F. The minimum atomic E-state index is -4.19. The normalized spacial score (nSPS) is 11.9. The van der Waals surface area contributed by atoms with Crippen LogP contribution in [-0.4, -0.2) is 36.5 Å². The fourth-order valence-corrected chi connectivity index (χ4v) is 2.35. The maximum absolute atomic E-state index is 12.4. The van der Waals surface area contributed by atoms with E-state index in [0.29, 0.717) is 24.9 Å². The monoisotopic (exact) mass is 365 g/mol. The number of alkyl halides is 3. The summed E-state index contributed by atoms with van der Waals surface area (Å²) in [6.07, 6.45) is -2.83. The largest absolute Gasteiger partial charge is 0.401 e. The van der Waals surface area contributed by atoms with Crippen LogP contribution in [0.1, 0.15) is 36.5 Å². The van der Waals surface area contributed by atoms with Gasteiger partial charge < -0.3 is 0 Å². The molecule has 6 heteroatoms. The van der Waals surface area contributed by atoms with E-state index in [4.69, 9.17) is 0 Å². The van der Waals surface area contributed by atoms with Gasteiger partial charge in [0.15, 0.2) is 5.78 Å². The molecule has 118 valence electrons. The van der Waals surface area contributed by atoms with Crippen molar-refractivity contribution in [2.75, 3.05) is 19.6 Å². The van der Waals surface area contributed by atoms with Crippen LogP contribution in [0.15, 0.2) is 28.7 Å². The Hall–Kier alpha value is -0.880. The van der Waals surface area contributed by atoms with E-state index in [1.165, 1.54) is 4.90 Å². The highest BCUT2D eigenvalue weighted by Gasteiger charge is 2.30. The van der Waals surface area contributed by atoms with Crippen LogP contribution in [0, 0.1) is 0 Å². The van der Waals surface area contributed by atoms with Crippen molar-refractivity contribution in [2.45, 2.75) is 32.4 Å². The van der Waals surface area contributed by atoms with Gasteiger partial charge in [0, 0.05) is 16.5 Å². The Morgan fingerprint density at radius 1 is 1.19 bits per heavy atom. The molecule has 0 saturated heterocycles. The molecular formula is C15H19BrF3NO. The highest BCUT2D eigenvalue weighted by molar-refractivity contribution is 9.10. The van der Waals surface area contributed by atoms with Gasteiger partial charge in [-0.05, 0) is 38.1 Å². The number of ketones is 1. The summed E-state index contributed by atoms with van der Waals surface area (Å²) in [6.45, 7) is 1.62. The molecule has 0 N–H and O–H groups in total. The van der Waals surface area contributed by atoms with Gasteiger partial charge in [0.2, 0.25) is 0 Å². The molecular weight excluding hydrogens is 347 g/mol. The zero-order chi connectivity index (χ0) is 15.9. The summed E-state index contributed by atoms with van der Waals surface area (Å²) in [5.74, 6) is -0.0362. The molecule has 2 nitrogen and oxygen atoms in total. The molecule has 0 radical (unpaired) electrons. The van der Waals surface area contributed by atoms with Crippen molar-refractivity contribution in [3.05, 3.63) is 34.3 Å². The lowest BCUT2D eigenvalue weighted by atomic mass is 10.1. The first-order valence-electron chi connectivity index (χ1n) is 6.89. The van der Waals surface area contributed by atoms with Crippen molar-refractivity contribution >= 4 is 21.7 Å². The van der Waals surface area contributed by atoms with Gasteiger partial charge >= 0.3 is 6.18 Å². The van der Waals surface area contributed by atoms with E-state index in [-0.39, 0.29) is 18.7 Å². The number of hydrogen-bond donors (Lipinski definition) is 0. The topological polar surface area (TPSA) is 20.3 Å². The summed E-state index contributed by atoms with van der Waals surface area (Å²) in [5, 5.41) is 0. The Balaban J connectivity index is 2.42. The van der Waals surface area contributed by atoms with Crippen LogP contribution in [0.2, 0.25) is 0 Å². The third kappa shape index (κ3) is 7.62. The van der Waals surface area contributed by atoms with Gasteiger partial charge in [-0.1, -0.05) is 35.0 Å². The van der Waals surface area contributed by atoms with E-state index >= 15 is 0 Å². The standard InChI is InChI=1S/C15H19BrF3NO/c1-2-9-20(11-15(17,18)19)10-3-4-14(21)12-5-7-13(16)8-6-12/h5-8H,2-4,9-11H2,1H3. The highest BCUT2D eigenvalue weighted by atomic mass is 79.9. The minimum Gasteiger partial charge on any atom is -0.295 e. The fraction of sp³-hybridized carbons (Fsp3) is 0.533. The van der Waals surface area contributed by atoms with Crippen molar-refractivity contribution in [1.82, 2.24) is 4.90 Å². The Morgan fingerprint density at radius 2 is 1.81 bits per heavy atom. The molecule has 0 heterocycles. The highest BCUT2D eigenvalue weighted by Crippen LogP contribution is 2.17. The quantitative estimate of drug-likeness (QED) is 0.623. The van der Waals surface area contributed by atoms with Crippen LogP contribution in [0.5, 0.6) is 0 Å². The molecule has 0 aliphatic heterocycles. The van der Waals surface area contributed by atoms with E-state index in [0.717, 1.165) is 4.47 Å². The van der Waals surface area contributed by atoms with E-state index in [1.54, 1.807) is 24.3 Å². The molecule has 0 amide bonds. The maximum Gasteiger partial charge on any atom is 0.401 e. The van der Waals surface area contributed by atoms with Crippen LogP contribution in [0.4, 0.5) is 13.2 Å². The first-order valence-corrected chi connectivity index (χ1v) is 7.69. The van der Waals surface area contributed by atoms with Crippen molar-refractivity contribution in [2.24, 2.45) is 0 Å². The number of carbonyl (C=O) groups excluding carboxylic acids is 1. The number of Topliss-reactive ketones (excluding diaryl/α,β-unsaturated/α-hetero) is 1. The summed E-state index contributed by atoms with van der Waals surface area (Å²) in [6, 6.07) is 6.98. The number of nitrogens with zero attached hydrogens (tertiary/aromatic N) is 1. The smallest absolute Gasteiger partial charge is 0.295 e. The predicted molar refractivity (Wildman–Crippen MR) is 80.5 cm³/mol. The molecule has 0 fully saturated rings. The molecule has 0 aliphatic carbocycles. The van der Waals surface area contributed by atoms with Crippen LogP contribution in [-0.2, 0) is 0 Å². The summed E-state index contributed by atoms with van der Waals surface area (Å²) < 4.78 is 38.1. The summed E-state index contributed by atoms with van der Waals surface area (Å²) >= 11 is 3.29. The zero-order valence-corrected chi connectivity index (χ0v) is 13.5. The molecule has 1 aromatic carbocycles. The number of rotatable bonds is 8. The molecule has 0 aliphatic rings. The predicted octanol–water partition coefficient (Wildman–Crippen LogP) is 4.69. The summed E-state index contributed by atoms with van der Waals surface area (Å²) in [7, 11) is 0. The molecule has 0 saturated carbocycles. The second-order valence-corrected chi connectivity index (χ2v) is 5.84. The van der Waals surface area contributed by atoms with Gasteiger partial charge in [0.05, 0.1) is 6.54 Å². The molecule has 0 atom stereocenters. The molecule has 0 spiro atoms. The zero-order valence-electron chi connectivity index (χ0n) is 11.9. The number of carbonyl (C=O) groups is 1. The van der Waals surface area contributed by atoms with Gasteiger partial charge in [-0.3, -0.25) is 9.69 Å². The Morgan fingerprint density at radius 3 is 2.33 bits per heavy atom.